The van der Waals surface area contributed by atoms with E-state index < -0.39 is 11.4 Å². The highest BCUT2D eigenvalue weighted by Crippen LogP contribution is 2.55. The van der Waals surface area contributed by atoms with Gasteiger partial charge in [0.15, 0.2) is 23.1 Å². The Hall–Kier alpha value is -2.07. The third-order valence-electron chi connectivity index (χ3n) is 3.68. The average molecular weight is 265 g/mol. The number of halogens is 1. The molecule has 3 rings (SSSR count). The van der Waals surface area contributed by atoms with Crippen LogP contribution in [0.5, 0.6) is 17.2 Å². The molecule has 0 saturated heterocycles. The van der Waals surface area contributed by atoms with Crippen molar-refractivity contribution < 1.29 is 23.4 Å². The van der Waals surface area contributed by atoms with E-state index in [4.69, 9.17) is 14.2 Å². The lowest BCUT2D eigenvalue weighted by Crippen LogP contribution is -2.33. The Morgan fingerprint density at radius 3 is 2.84 bits per heavy atom. The van der Waals surface area contributed by atoms with Gasteiger partial charge in [-0.1, -0.05) is 0 Å². The second-order valence-corrected chi connectivity index (χ2v) is 4.59. The molecule has 2 aliphatic rings. The Morgan fingerprint density at radius 1 is 1.47 bits per heavy atom. The van der Waals surface area contributed by atoms with Crippen molar-refractivity contribution in [2.75, 3.05) is 13.9 Å². The van der Waals surface area contributed by atoms with Crippen molar-refractivity contribution in [2.45, 2.75) is 24.8 Å². The van der Waals surface area contributed by atoms with Crippen molar-refractivity contribution in [2.24, 2.45) is 4.99 Å². The molecule has 0 aromatic heterocycles. The molecular formula is C13H12FNO4. The van der Waals surface area contributed by atoms with E-state index in [-0.39, 0.29) is 12.5 Å². The number of fused-ring (bicyclic) bond motifs is 1. The van der Waals surface area contributed by atoms with Gasteiger partial charge in [0, 0.05) is 6.07 Å². The molecule has 6 heteroatoms. The van der Waals surface area contributed by atoms with Crippen molar-refractivity contribution >= 4 is 6.08 Å². The van der Waals surface area contributed by atoms with Crippen LogP contribution < -0.4 is 14.2 Å². The number of nitrogens with zero attached hydrogens (tertiary/aromatic N) is 1. The Balaban J connectivity index is 2.26. The fourth-order valence-corrected chi connectivity index (χ4v) is 2.63. The third-order valence-corrected chi connectivity index (χ3v) is 3.68. The highest BCUT2D eigenvalue weighted by molar-refractivity contribution is 5.60. The van der Waals surface area contributed by atoms with E-state index in [2.05, 4.69) is 4.99 Å². The number of benzene rings is 1. The fraction of sp³-hybridized carbons (Fsp3) is 0.462. The van der Waals surface area contributed by atoms with Crippen LogP contribution in [-0.2, 0) is 10.3 Å². The summed E-state index contributed by atoms with van der Waals surface area (Å²) in [7, 11) is 1.38. The van der Waals surface area contributed by atoms with Crippen LogP contribution in [0.2, 0.25) is 0 Å². The van der Waals surface area contributed by atoms with Gasteiger partial charge in [-0.2, -0.15) is 4.99 Å². The fourth-order valence-electron chi connectivity index (χ4n) is 2.63. The van der Waals surface area contributed by atoms with Gasteiger partial charge < -0.3 is 14.2 Å². The predicted molar refractivity (Wildman–Crippen MR) is 62.7 cm³/mol. The molecule has 5 nitrogen and oxygen atoms in total. The van der Waals surface area contributed by atoms with Crippen LogP contribution in [0.1, 0.15) is 24.8 Å². The summed E-state index contributed by atoms with van der Waals surface area (Å²) < 4.78 is 29.8. The first-order valence-electron chi connectivity index (χ1n) is 5.97. The number of hydrogen-bond acceptors (Lipinski definition) is 5. The van der Waals surface area contributed by atoms with Gasteiger partial charge in [0.1, 0.15) is 5.54 Å². The number of methoxy groups -OCH3 is 1. The monoisotopic (exact) mass is 265 g/mol. The molecule has 1 aromatic carbocycles. The summed E-state index contributed by atoms with van der Waals surface area (Å²) in [6.45, 7) is 0.0236. The summed E-state index contributed by atoms with van der Waals surface area (Å²) in [5.74, 6) is 0.245. The zero-order chi connectivity index (χ0) is 13.5. The van der Waals surface area contributed by atoms with E-state index in [1.54, 1.807) is 6.08 Å². The summed E-state index contributed by atoms with van der Waals surface area (Å²) in [4.78, 5) is 14.5. The molecule has 0 amide bonds. The lowest BCUT2D eigenvalue weighted by Gasteiger charge is -2.38. The van der Waals surface area contributed by atoms with Gasteiger partial charge in [0.05, 0.1) is 12.7 Å². The van der Waals surface area contributed by atoms with Crippen molar-refractivity contribution in [3.8, 4) is 17.2 Å². The minimum Gasteiger partial charge on any atom is -0.493 e. The van der Waals surface area contributed by atoms with E-state index in [1.807, 2.05) is 0 Å². The maximum absolute atomic E-state index is 14.0. The largest absolute Gasteiger partial charge is 0.493 e. The van der Waals surface area contributed by atoms with Crippen LogP contribution in [-0.4, -0.2) is 20.0 Å². The number of rotatable bonds is 3. The van der Waals surface area contributed by atoms with Crippen LogP contribution in [0, 0.1) is 5.82 Å². The smallest absolute Gasteiger partial charge is 0.235 e. The summed E-state index contributed by atoms with van der Waals surface area (Å²) in [6.07, 6.45) is 3.75. The predicted octanol–water partition coefficient (Wildman–Crippen LogP) is 2.28. The first-order chi connectivity index (χ1) is 9.22. The molecule has 1 heterocycles. The number of aliphatic imine (C=N–C) groups is 1. The Morgan fingerprint density at radius 2 is 2.26 bits per heavy atom. The SMILES string of the molecule is COc1c(F)cc2c(c1C1(N=C=O)CCC1)OCO2. The molecule has 1 aromatic rings. The van der Waals surface area contributed by atoms with Gasteiger partial charge in [-0.25, -0.2) is 9.18 Å². The van der Waals surface area contributed by atoms with Crippen LogP contribution >= 0.6 is 0 Å². The first-order valence-corrected chi connectivity index (χ1v) is 5.97. The normalized spacial score (nSPS) is 18.4. The molecule has 0 bridgehead atoms. The van der Waals surface area contributed by atoms with E-state index in [1.165, 1.54) is 13.2 Å². The van der Waals surface area contributed by atoms with Gasteiger partial charge in [0.2, 0.25) is 12.9 Å². The first kappa shape index (κ1) is 12.0. The lowest BCUT2D eigenvalue weighted by molar-refractivity contribution is 0.168. The molecule has 0 N–H and O–H groups in total. The van der Waals surface area contributed by atoms with Crippen LogP contribution in [0.25, 0.3) is 0 Å². The molecule has 1 fully saturated rings. The van der Waals surface area contributed by atoms with E-state index in [9.17, 15) is 9.18 Å². The highest BCUT2D eigenvalue weighted by Gasteiger charge is 2.46. The quantitative estimate of drug-likeness (QED) is 0.621. The molecule has 19 heavy (non-hydrogen) atoms. The number of ether oxygens (including phenoxy) is 3. The van der Waals surface area contributed by atoms with Crippen LogP contribution in [0.4, 0.5) is 4.39 Å². The molecule has 1 saturated carbocycles. The summed E-state index contributed by atoms with van der Waals surface area (Å²) in [5, 5.41) is 0. The third kappa shape index (κ3) is 1.60. The number of carbonyl (C=O) groups excluding carboxylic acids is 1. The van der Waals surface area contributed by atoms with Crippen molar-refractivity contribution in [3.05, 3.63) is 17.4 Å². The van der Waals surface area contributed by atoms with Gasteiger partial charge in [-0.3, -0.25) is 0 Å². The van der Waals surface area contributed by atoms with Crippen molar-refractivity contribution in [1.82, 2.24) is 0 Å². The van der Waals surface area contributed by atoms with E-state index in [0.29, 0.717) is 29.9 Å². The second-order valence-electron chi connectivity index (χ2n) is 4.59. The van der Waals surface area contributed by atoms with Crippen LogP contribution in [0.3, 0.4) is 0 Å². The Labute approximate surface area is 109 Å². The van der Waals surface area contributed by atoms with Gasteiger partial charge in [-0.05, 0) is 19.3 Å². The minimum absolute atomic E-state index is 0.0236. The second kappa shape index (κ2) is 4.24. The van der Waals surface area contributed by atoms with Crippen LogP contribution in [0.15, 0.2) is 11.1 Å². The zero-order valence-electron chi connectivity index (χ0n) is 10.4. The van der Waals surface area contributed by atoms with E-state index >= 15 is 0 Å². The molecule has 1 aliphatic carbocycles. The summed E-state index contributed by atoms with van der Waals surface area (Å²) in [6, 6.07) is 1.22. The molecular weight excluding hydrogens is 253 g/mol. The molecule has 0 atom stereocenters. The maximum Gasteiger partial charge on any atom is 0.235 e. The van der Waals surface area contributed by atoms with Gasteiger partial charge >= 0.3 is 0 Å². The van der Waals surface area contributed by atoms with Gasteiger partial charge in [0.25, 0.3) is 0 Å². The zero-order valence-corrected chi connectivity index (χ0v) is 10.4. The molecule has 0 unspecified atom stereocenters. The summed E-state index contributed by atoms with van der Waals surface area (Å²) in [5.41, 5.74) is -0.343. The molecule has 0 spiro atoms. The maximum atomic E-state index is 14.0. The van der Waals surface area contributed by atoms with Crippen molar-refractivity contribution in [1.29, 1.82) is 0 Å². The molecule has 100 valence electrons. The number of hydrogen-bond donors (Lipinski definition) is 0. The Kier molecular flexibility index (Phi) is 2.68. The lowest BCUT2D eigenvalue weighted by atomic mass is 9.71. The average Bonchev–Trinajstić information content (AvgIpc) is 2.80. The summed E-state index contributed by atoms with van der Waals surface area (Å²) >= 11 is 0. The molecule has 0 radical (unpaired) electrons. The highest BCUT2D eigenvalue weighted by atomic mass is 19.1. The number of isocyanates is 1. The minimum atomic E-state index is -0.799. The molecule has 1 aliphatic heterocycles. The standard InChI is InChI=1S/C13H12FNO4/c1-17-11-8(14)5-9-12(19-7-18-9)10(11)13(15-6-16)3-2-4-13/h5H,2-4,7H2,1H3. The Bertz CT molecular complexity index is 573. The van der Waals surface area contributed by atoms with E-state index in [0.717, 1.165) is 6.42 Å². The topological polar surface area (TPSA) is 57.1 Å². The van der Waals surface area contributed by atoms with Crippen molar-refractivity contribution in [3.63, 3.8) is 0 Å². The van der Waals surface area contributed by atoms with Gasteiger partial charge in [-0.15, -0.1) is 0 Å².